The van der Waals surface area contributed by atoms with E-state index < -0.39 is 0 Å². The van der Waals surface area contributed by atoms with Crippen LogP contribution in [0.15, 0.2) is 31.0 Å². The van der Waals surface area contributed by atoms with Gasteiger partial charge in [0.05, 0.1) is 17.6 Å². The second-order valence-electron chi connectivity index (χ2n) is 4.53. The van der Waals surface area contributed by atoms with Gasteiger partial charge in [0.15, 0.2) is 0 Å². The first-order valence-electron chi connectivity index (χ1n) is 6.74. The van der Waals surface area contributed by atoms with E-state index in [1.165, 1.54) is 0 Å². The van der Waals surface area contributed by atoms with Gasteiger partial charge in [-0.25, -0.2) is 0 Å². The third-order valence-corrected chi connectivity index (χ3v) is 3.02. The molecule has 1 unspecified atom stereocenters. The summed E-state index contributed by atoms with van der Waals surface area (Å²) >= 11 is 0. The average Bonchev–Trinajstić information content (AvgIpc) is 2.40. The van der Waals surface area contributed by atoms with Crippen LogP contribution >= 0.6 is 0 Å². The Kier molecular flexibility index (Phi) is 6.44. The molecule has 3 nitrogen and oxygen atoms in total. The molecule has 0 bridgehead atoms. The van der Waals surface area contributed by atoms with Crippen molar-refractivity contribution in [3.05, 3.63) is 36.7 Å². The lowest BCUT2D eigenvalue weighted by Crippen LogP contribution is -2.23. The number of aromatic nitrogens is 1. The van der Waals surface area contributed by atoms with Crippen molar-refractivity contribution in [2.75, 3.05) is 25.0 Å². The Morgan fingerprint density at radius 1 is 1.44 bits per heavy atom. The van der Waals surface area contributed by atoms with E-state index in [0.717, 1.165) is 37.3 Å². The van der Waals surface area contributed by atoms with E-state index in [9.17, 15) is 0 Å². The Balaban J connectivity index is 2.70. The van der Waals surface area contributed by atoms with Gasteiger partial charge in [-0.2, -0.15) is 0 Å². The lowest BCUT2D eigenvalue weighted by atomic mass is 10.1. The Morgan fingerprint density at radius 3 is 2.72 bits per heavy atom. The zero-order chi connectivity index (χ0) is 13.4. The Bertz CT molecular complexity index is 345. The van der Waals surface area contributed by atoms with Gasteiger partial charge in [-0.1, -0.05) is 19.9 Å². The molecular formula is C15H25N3. The highest BCUT2D eigenvalue weighted by Gasteiger charge is 2.09. The summed E-state index contributed by atoms with van der Waals surface area (Å²) in [7, 11) is 2.05. The molecule has 0 aliphatic heterocycles. The van der Waals surface area contributed by atoms with Crippen LogP contribution in [0.3, 0.4) is 0 Å². The summed E-state index contributed by atoms with van der Waals surface area (Å²) < 4.78 is 0. The van der Waals surface area contributed by atoms with Crippen LogP contribution in [0.1, 0.15) is 38.4 Å². The van der Waals surface area contributed by atoms with Crippen LogP contribution in [0.5, 0.6) is 0 Å². The summed E-state index contributed by atoms with van der Waals surface area (Å²) in [6.07, 6.45) is 6.05. The van der Waals surface area contributed by atoms with Crippen LogP contribution in [-0.4, -0.2) is 25.1 Å². The fraction of sp³-hybridized carbons (Fsp3) is 0.533. The van der Waals surface area contributed by atoms with Crippen LogP contribution in [0.2, 0.25) is 0 Å². The molecule has 1 atom stereocenters. The second kappa shape index (κ2) is 7.88. The third kappa shape index (κ3) is 4.15. The lowest BCUT2D eigenvalue weighted by molar-refractivity contribution is 0.507. The Morgan fingerprint density at radius 2 is 2.22 bits per heavy atom. The minimum Gasteiger partial charge on any atom is -0.370 e. The van der Waals surface area contributed by atoms with Crippen molar-refractivity contribution in [1.82, 2.24) is 10.3 Å². The van der Waals surface area contributed by atoms with E-state index in [1.54, 1.807) is 0 Å². The Labute approximate surface area is 111 Å². The summed E-state index contributed by atoms with van der Waals surface area (Å²) in [5, 5.41) is 3.52. The number of nitrogens with zero attached hydrogens (tertiary/aromatic N) is 2. The molecule has 18 heavy (non-hydrogen) atoms. The lowest BCUT2D eigenvalue weighted by Gasteiger charge is -2.19. The fourth-order valence-electron chi connectivity index (χ4n) is 1.91. The number of hydrogen-bond acceptors (Lipinski definition) is 3. The third-order valence-electron chi connectivity index (χ3n) is 3.02. The maximum Gasteiger partial charge on any atom is 0.0574 e. The molecule has 1 N–H and O–H groups in total. The topological polar surface area (TPSA) is 28.2 Å². The molecule has 0 amide bonds. The molecule has 1 aromatic rings. The first kappa shape index (κ1) is 14.7. The minimum absolute atomic E-state index is 0.365. The smallest absolute Gasteiger partial charge is 0.0574 e. The molecule has 3 heteroatoms. The SMILES string of the molecule is C=CCN(C)c1ccc(C(CC)NCCC)nc1. The molecule has 0 saturated carbocycles. The van der Waals surface area contributed by atoms with Crippen molar-refractivity contribution in [3.8, 4) is 0 Å². The van der Waals surface area contributed by atoms with Gasteiger partial charge in [0.1, 0.15) is 0 Å². The molecular weight excluding hydrogens is 222 g/mol. The van der Waals surface area contributed by atoms with Gasteiger partial charge in [-0.15, -0.1) is 6.58 Å². The van der Waals surface area contributed by atoms with Crippen LogP contribution in [0, 0.1) is 0 Å². The molecule has 0 fully saturated rings. The minimum atomic E-state index is 0.365. The van der Waals surface area contributed by atoms with E-state index >= 15 is 0 Å². The van der Waals surface area contributed by atoms with E-state index in [1.807, 2.05) is 19.3 Å². The summed E-state index contributed by atoms with van der Waals surface area (Å²) in [6, 6.07) is 4.61. The highest BCUT2D eigenvalue weighted by Crippen LogP contribution is 2.17. The van der Waals surface area contributed by atoms with Gasteiger partial charge < -0.3 is 10.2 Å². The summed E-state index contributed by atoms with van der Waals surface area (Å²) in [6.45, 7) is 9.99. The molecule has 0 aliphatic carbocycles. The normalized spacial score (nSPS) is 12.2. The summed E-state index contributed by atoms with van der Waals surface area (Å²) in [5.41, 5.74) is 2.26. The molecule has 0 saturated heterocycles. The molecule has 0 spiro atoms. The number of likely N-dealkylation sites (N-methyl/N-ethyl adjacent to an activating group) is 1. The highest BCUT2D eigenvalue weighted by molar-refractivity contribution is 5.44. The average molecular weight is 247 g/mol. The summed E-state index contributed by atoms with van der Waals surface area (Å²) in [4.78, 5) is 6.70. The first-order chi connectivity index (χ1) is 8.72. The molecule has 1 rings (SSSR count). The van der Waals surface area contributed by atoms with E-state index in [0.29, 0.717) is 6.04 Å². The van der Waals surface area contributed by atoms with E-state index in [-0.39, 0.29) is 0 Å². The monoisotopic (exact) mass is 247 g/mol. The second-order valence-corrected chi connectivity index (χ2v) is 4.53. The molecule has 0 aromatic carbocycles. The fourth-order valence-corrected chi connectivity index (χ4v) is 1.91. The first-order valence-corrected chi connectivity index (χ1v) is 6.74. The molecule has 100 valence electrons. The van der Waals surface area contributed by atoms with Crippen LogP contribution in [0.4, 0.5) is 5.69 Å². The van der Waals surface area contributed by atoms with Crippen LogP contribution < -0.4 is 10.2 Å². The number of pyridine rings is 1. The Hall–Kier alpha value is -1.35. The number of rotatable bonds is 8. The number of anilines is 1. The van der Waals surface area contributed by atoms with Crippen molar-refractivity contribution in [3.63, 3.8) is 0 Å². The number of hydrogen-bond donors (Lipinski definition) is 1. The molecule has 1 aromatic heterocycles. The predicted molar refractivity (Wildman–Crippen MR) is 79.0 cm³/mol. The molecule has 1 heterocycles. The van der Waals surface area contributed by atoms with Gasteiger partial charge in [0.25, 0.3) is 0 Å². The zero-order valence-corrected chi connectivity index (χ0v) is 11.8. The van der Waals surface area contributed by atoms with Crippen LogP contribution in [0.25, 0.3) is 0 Å². The predicted octanol–water partition coefficient (Wildman–Crippen LogP) is 3.15. The van der Waals surface area contributed by atoms with E-state index in [4.69, 9.17) is 0 Å². The van der Waals surface area contributed by atoms with Crippen molar-refractivity contribution in [1.29, 1.82) is 0 Å². The van der Waals surface area contributed by atoms with E-state index in [2.05, 4.69) is 47.8 Å². The standard InChI is InChI=1S/C15H25N3/c1-5-10-16-14(7-3)15-9-8-13(12-17-15)18(4)11-6-2/h6,8-9,12,14,16H,2,5,7,10-11H2,1,3-4H3. The van der Waals surface area contributed by atoms with Gasteiger partial charge >= 0.3 is 0 Å². The highest BCUT2D eigenvalue weighted by atomic mass is 15.1. The van der Waals surface area contributed by atoms with Crippen molar-refractivity contribution >= 4 is 5.69 Å². The van der Waals surface area contributed by atoms with Crippen molar-refractivity contribution < 1.29 is 0 Å². The van der Waals surface area contributed by atoms with Gasteiger partial charge in [0.2, 0.25) is 0 Å². The zero-order valence-electron chi connectivity index (χ0n) is 11.8. The van der Waals surface area contributed by atoms with Gasteiger partial charge in [0, 0.05) is 19.6 Å². The summed E-state index contributed by atoms with van der Waals surface area (Å²) in [5.74, 6) is 0. The van der Waals surface area contributed by atoms with Crippen molar-refractivity contribution in [2.24, 2.45) is 0 Å². The number of nitrogens with one attached hydrogen (secondary N) is 1. The maximum atomic E-state index is 4.57. The molecule has 0 radical (unpaired) electrons. The van der Waals surface area contributed by atoms with Crippen molar-refractivity contribution in [2.45, 2.75) is 32.7 Å². The quantitative estimate of drug-likeness (QED) is 0.715. The largest absolute Gasteiger partial charge is 0.370 e. The maximum absolute atomic E-state index is 4.57. The molecule has 0 aliphatic rings. The van der Waals surface area contributed by atoms with Gasteiger partial charge in [-0.05, 0) is 31.5 Å². The van der Waals surface area contributed by atoms with Crippen LogP contribution in [-0.2, 0) is 0 Å². The van der Waals surface area contributed by atoms with Gasteiger partial charge in [-0.3, -0.25) is 4.98 Å².